The lowest BCUT2D eigenvalue weighted by atomic mass is 10.00. The zero-order chi connectivity index (χ0) is 16.9. The van der Waals surface area contributed by atoms with E-state index in [2.05, 4.69) is 5.32 Å². The van der Waals surface area contributed by atoms with E-state index in [0.717, 1.165) is 11.3 Å². The number of hydrogen-bond acceptors (Lipinski definition) is 3. The molecule has 0 bridgehead atoms. The summed E-state index contributed by atoms with van der Waals surface area (Å²) < 4.78 is 5.58. The molecule has 1 aliphatic rings. The molecule has 0 aromatic heterocycles. The van der Waals surface area contributed by atoms with E-state index >= 15 is 0 Å². The summed E-state index contributed by atoms with van der Waals surface area (Å²) in [7, 11) is 0. The Kier molecular flexibility index (Phi) is 5.16. The third kappa shape index (κ3) is 3.95. The first-order valence-electron chi connectivity index (χ1n) is 7.93. The van der Waals surface area contributed by atoms with E-state index in [4.69, 9.17) is 16.3 Å². The minimum absolute atomic E-state index is 0.0267. The smallest absolute Gasteiger partial charge is 0.220 e. The van der Waals surface area contributed by atoms with Crippen LogP contribution in [0.4, 0.5) is 0 Å². The number of carbonyl (C=O) groups excluding carboxylic acids is 2. The second kappa shape index (κ2) is 7.49. The Morgan fingerprint density at radius 2 is 1.92 bits per heavy atom. The number of rotatable bonds is 5. The quantitative estimate of drug-likeness (QED) is 0.836. The number of halogens is 1. The molecule has 0 aliphatic carbocycles. The molecule has 5 heteroatoms. The molecule has 24 heavy (non-hydrogen) atoms. The number of nitrogens with one attached hydrogen (secondary N) is 1. The predicted octanol–water partition coefficient (Wildman–Crippen LogP) is 3.94. The van der Waals surface area contributed by atoms with Gasteiger partial charge in [0.05, 0.1) is 12.6 Å². The molecule has 2 aromatic rings. The Bertz CT molecular complexity index is 746. The Hall–Kier alpha value is -2.33. The number of fused-ring (bicyclic) bond motifs is 1. The van der Waals surface area contributed by atoms with Crippen molar-refractivity contribution in [1.82, 2.24) is 5.32 Å². The van der Waals surface area contributed by atoms with Gasteiger partial charge in [0.25, 0.3) is 0 Å². The Labute approximate surface area is 145 Å². The van der Waals surface area contributed by atoms with E-state index < -0.39 is 0 Å². The van der Waals surface area contributed by atoms with Crippen LogP contribution in [0, 0.1) is 0 Å². The van der Waals surface area contributed by atoms with E-state index in [0.29, 0.717) is 23.6 Å². The summed E-state index contributed by atoms with van der Waals surface area (Å²) in [5.74, 6) is 0.578. The molecule has 0 saturated heterocycles. The van der Waals surface area contributed by atoms with Crippen molar-refractivity contribution < 1.29 is 14.3 Å². The van der Waals surface area contributed by atoms with Gasteiger partial charge >= 0.3 is 0 Å². The molecule has 3 rings (SSSR count). The van der Waals surface area contributed by atoms with Crippen LogP contribution in [0.2, 0.25) is 5.02 Å². The van der Waals surface area contributed by atoms with Crippen LogP contribution in [-0.2, 0) is 4.79 Å². The third-order valence-electron chi connectivity index (χ3n) is 4.02. The maximum Gasteiger partial charge on any atom is 0.220 e. The Balaban J connectivity index is 1.58. The van der Waals surface area contributed by atoms with Crippen molar-refractivity contribution in [3.63, 3.8) is 0 Å². The van der Waals surface area contributed by atoms with E-state index in [1.807, 2.05) is 30.3 Å². The molecule has 0 saturated carbocycles. The molecule has 0 radical (unpaired) electrons. The minimum Gasteiger partial charge on any atom is -0.493 e. The number of amides is 1. The van der Waals surface area contributed by atoms with Crippen LogP contribution in [0.1, 0.15) is 41.2 Å². The van der Waals surface area contributed by atoms with Gasteiger partial charge in [-0.25, -0.2) is 0 Å². The Morgan fingerprint density at radius 1 is 1.12 bits per heavy atom. The highest BCUT2D eigenvalue weighted by Gasteiger charge is 2.23. The average molecular weight is 344 g/mol. The van der Waals surface area contributed by atoms with Gasteiger partial charge in [-0.2, -0.15) is 0 Å². The van der Waals surface area contributed by atoms with Crippen LogP contribution in [0.5, 0.6) is 5.75 Å². The van der Waals surface area contributed by atoms with Crippen molar-refractivity contribution in [2.24, 2.45) is 0 Å². The summed E-state index contributed by atoms with van der Waals surface area (Å²) in [6.07, 6.45) is 1.05. The van der Waals surface area contributed by atoms with Gasteiger partial charge in [0.1, 0.15) is 5.75 Å². The van der Waals surface area contributed by atoms with Crippen molar-refractivity contribution in [2.45, 2.75) is 25.3 Å². The number of hydrogen-bond donors (Lipinski definition) is 1. The summed E-state index contributed by atoms with van der Waals surface area (Å²) in [4.78, 5) is 24.3. The standard InChI is InChI=1S/C19H18ClNO3/c20-14-6-8-18-15(12-14)16(10-11-24-18)21-19(23)9-7-17(22)13-4-2-1-3-5-13/h1-6,8,12,16H,7,9-11H2,(H,21,23). The number of Topliss-reactive ketones (excluding diaryl/α,β-unsaturated/α-hetero) is 1. The summed E-state index contributed by atoms with van der Waals surface area (Å²) in [5, 5.41) is 3.59. The van der Waals surface area contributed by atoms with Gasteiger partial charge in [-0.3, -0.25) is 9.59 Å². The highest BCUT2D eigenvalue weighted by atomic mass is 35.5. The SMILES string of the molecule is O=C(CCC(=O)c1ccccc1)NC1CCOc2ccc(Cl)cc21. The lowest BCUT2D eigenvalue weighted by Crippen LogP contribution is -2.32. The van der Waals surface area contributed by atoms with E-state index in [-0.39, 0.29) is 30.6 Å². The summed E-state index contributed by atoms with van der Waals surface area (Å²) in [6, 6.07) is 14.3. The van der Waals surface area contributed by atoms with E-state index in [1.54, 1.807) is 18.2 Å². The van der Waals surface area contributed by atoms with Crippen LogP contribution in [0.3, 0.4) is 0 Å². The molecule has 4 nitrogen and oxygen atoms in total. The van der Waals surface area contributed by atoms with Gasteiger partial charge in [-0.15, -0.1) is 0 Å². The van der Waals surface area contributed by atoms with Gasteiger partial charge in [-0.05, 0) is 18.2 Å². The molecule has 1 atom stereocenters. The first kappa shape index (κ1) is 16.5. The fraction of sp³-hybridized carbons (Fsp3) is 0.263. The summed E-state index contributed by atoms with van der Waals surface area (Å²) in [5.41, 5.74) is 1.52. The second-order valence-corrected chi connectivity index (χ2v) is 6.17. The molecule has 1 unspecified atom stereocenters. The highest BCUT2D eigenvalue weighted by Crippen LogP contribution is 2.34. The maximum absolute atomic E-state index is 12.2. The molecule has 1 aliphatic heterocycles. The number of ether oxygens (including phenoxy) is 1. The second-order valence-electron chi connectivity index (χ2n) is 5.73. The zero-order valence-corrected chi connectivity index (χ0v) is 13.9. The summed E-state index contributed by atoms with van der Waals surface area (Å²) in [6.45, 7) is 0.544. The van der Waals surface area contributed by atoms with Crippen molar-refractivity contribution >= 4 is 23.3 Å². The monoisotopic (exact) mass is 343 g/mol. The molecular formula is C19H18ClNO3. The topological polar surface area (TPSA) is 55.4 Å². The van der Waals surface area contributed by atoms with E-state index in [1.165, 1.54) is 0 Å². The van der Waals surface area contributed by atoms with Gasteiger partial charge in [0.15, 0.2) is 5.78 Å². The normalized spacial score (nSPS) is 16.0. The highest BCUT2D eigenvalue weighted by molar-refractivity contribution is 6.30. The average Bonchev–Trinajstić information content (AvgIpc) is 2.61. The van der Waals surface area contributed by atoms with Crippen LogP contribution in [0.15, 0.2) is 48.5 Å². The molecule has 1 N–H and O–H groups in total. The largest absolute Gasteiger partial charge is 0.493 e. The maximum atomic E-state index is 12.2. The number of benzene rings is 2. The van der Waals surface area contributed by atoms with Crippen molar-refractivity contribution in [3.8, 4) is 5.75 Å². The van der Waals surface area contributed by atoms with Gasteiger partial charge < -0.3 is 10.1 Å². The first-order valence-corrected chi connectivity index (χ1v) is 8.31. The minimum atomic E-state index is -0.142. The van der Waals surface area contributed by atoms with Gasteiger partial charge in [0.2, 0.25) is 5.91 Å². The molecule has 124 valence electrons. The van der Waals surface area contributed by atoms with Crippen LogP contribution in [-0.4, -0.2) is 18.3 Å². The van der Waals surface area contributed by atoms with Crippen molar-refractivity contribution in [1.29, 1.82) is 0 Å². The Morgan fingerprint density at radius 3 is 2.71 bits per heavy atom. The van der Waals surface area contributed by atoms with Crippen molar-refractivity contribution in [2.75, 3.05) is 6.61 Å². The van der Waals surface area contributed by atoms with Gasteiger partial charge in [-0.1, -0.05) is 41.9 Å². The van der Waals surface area contributed by atoms with Gasteiger partial charge in [0, 0.05) is 35.4 Å². The van der Waals surface area contributed by atoms with Crippen molar-refractivity contribution in [3.05, 3.63) is 64.7 Å². The van der Waals surface area contributed by atoms with E-state index in [9.17, 15) is 9.59 Å². The molecule has 0 spiro atoms. The van der Waals surface area contributed by atoms with Crippen LogP contribution < -0.4 is 10.1 Å². The zero-order valence-electron chi connectivity index (χ0n) is 13.1. The molecule has 1 amide bonds. The number of carbonyl (C=O) groups is 2. The molecular weight excluding hydrogens is 326 g/mol. The molecule has 2 aromatic carbocycles. The lowest BCUT2D eigenvalue weighted by Gasteiger charge is -2.26. The first-order chi connectivity index (χ1) is 11.6. The fourth-order valence-corrected chi connectivity index (χ4v) is 2.96. The predicted molar refractivity (Wildman–Crippen MR) is 92.5 cm³/mol. The fourth-order valence-electron chi connectivity index (χ4n) is 2.78. The van der Waals surface area contributed by atoms with Crippen LogP contribution >= 0.6 is 11.6 Å². The third-order valence-corrected chi connectivity index (χ3v) is 4.26. The molecule has 1 heterocycles. The number of ketones is 1. The van der Waals surface area contributed by atoms with Crippen LogP contribution in [0.25, 0.3) is 0 Å². The molecule has 0 fully saturated rings. The summed E-state index contributed by atoms with van der Waals surface area (Å²) >= 11 is 6.04. The lowest BCUT2D eigenvalue weighted by molar-refractivity contribution is -0.122.